The smallest absolute Gasteiger partial charge is 0.406 e. The number of hydrogen-bond donors (Lipinski definition) is 2. The van der Waals surface area contributed by atoms with Crippen LogP contribution in [0.4, 0.5) is 13.2 Å². The summed E-state index contributed by atoms with van der Waals surface area (Å²) >= 11 is 6.21. The lowest BCUT2D eigenvalue weighted by molar-refractivity contribution is -0.274. The van der Waals surface area contributed by atoms with Crippen molar-refractivity contribution in [2.24, 2.45) is 5.73 Å². The van der Waals surface area contributed by atoms with Crippen molar-refractivity contribution in [1.82, 2.24) is 20.6 Å². The number of hydrogen-bond acceptors (Lipinski definition) is 5. The molecule has 152 valence electrons. The number of tetrazole rings is 1. The minimum atomic E-state index is -4.76. The highest BCUT2D eigenvalue weighted by Crippen LogP contribution is 2.31. The predicted molar refractivity (Wildman–Crippen MR) is 98.0 cm³/mol. The number of nitrogens with one attached hydrogen (secondary N) is 1. The molecule has 1 atom stereocenters. The molecule has 1 aromatic heterocycles. The fraction of sp³-hybridized carbons (Fsp3) is 0.222. The van der Waals surface area contributed by atoms with Crippen molar-refractivity contribution in [3.05, 3.63) is 58.6 Å². The maximum absolute atomic E-state index is 12.3. The minimum Gasteiger partial charge on any atom is -0.406 e. The number of amides is 1. The lowest BCUT2D eigenvalue weighted by Crippen LogP contribution is -2.18. The van der Waals surface area contributed by atoms with E-state index in [0.717, 1.165) is 0 Å². The first-order valence-corrected chi connectivity index (χ1v) is 8.75. The van der Waals surface area contributed by atoms with Gasteiger partial charge in [0.2, 0.25) is 11.7 Å². The van der Waals surface area contributed by atoms with E-state index < -0.39 is 12.3 Å². The molecule has 0 bridgehead atoms. The number of H-pyrrole nitrogens is 1. The number of benzene rings is 2. The maximum atomic E-state index is 12.3. The van der Waals surface area contributed by atoms with Crippen molar-refractivity contribution in [2.75, 3.05) is 0 Å². The zero-order valence-corrected chi connectivity index (χ0v) is 15.5. The zero-order valence-electron chi connectivity index (χ0n) is 14.8. The van der Waals surface area contributed by atoms with Crippen molar-refractivity contribution >= 4 is 17.5 Å². The molecule has 1 amide bonds. The van der Waals surface area contributed by atoms with Gasteiger partial charge in [0.25, 0.3) is 0 Å². The summed E-state index contributed by atoms with van der Waals surface area (Å²) in [5.41, 5.74) is 7.41. The van der Waals surface area contributed by atoms with E-state index >= 15 is 0 Å². The third-order valence-corrected chi connectivity index (χ3v) is 4.30. The van der Waals surface area contributed by atoms with E-state index in [1.165, 1.54) is 24.3 Å². The summed E-state index contributed by atoms with van der Waals surface area (Å²) in [5, 5.41) is 14.1. The predicted octanol–water partition coefficient (Wildman–Crippen LogP) is 3.62. The summed E-state index contributed by atoms with van der Waals surface area (Å²) in [6, 6.07) is 10.5. The Morgan fingerprint density at radius 2 is 1.93 bits per heavy atom. The molecule has 1 unspecified atom stereocenters. The Morgan fingerprint density at radius 1 is 1.21 bits per heavy atom. The Morgan fingerprint density at radius 3 is 2.52 bits per heavy atom. The second-order valence-corrected chi connectivity index (χ2v) is 6.71. The standard InChI is InChI=1S/C18H15ClF3N5O2/c19-14-7-12(6-13(8-14)17-24-26-27-25-17)11(9-16(23)28)5-10-1-3-15(4-2-10)29-18(20,21)22/h1-4,6-8,11H,5,9H2,(H2,23,28)(H,24,25,26,27). The summed E-state index contributed by atoms with van der Waals surface area (Å²) in [7, 11) is 0. The van der Waals surface area contributed by atoms with Crippen LogP contribution in [0.2, 0.25) is 5.02 Å². The fourth-order valence-corrected chi connectivity index (χ4v) is 3.17. The summed E-state index contributed by atoms with van der Waals surface area (Å²) < 4.78 is 40.8. The van der Waals surface area contributed by atoms with Crippen molar-refractivity contribution in [1.29, 1.82) is 0 Å². The van der Waals surface area contributed by atoms with Crippen LogP contribution in [0.15, 0.2) is 42.5 Å². The molecule has 7 nitrogen and oxygen atoms in total. The molecule has 3 N–H and O–H groups in total. The Balaban J connectivity index is 1.86. The lowest BCUT2D eigenvalue weighted by Gasteiger charge is -2.18. The van der Waals surface area contributed by atoms with Crippen LogP contribution in [-0.2, 0) is 11.2 Å². The molecule has 0 aliphatic heterocycles. The van der Waals surface area contributed by atoms with Gasteiger partial charge in [-0.1, -0.05) is 23.7 Å². The first-order valence-electron chi connectivity index (χ1n) is 8.37. The number of carbonyl (C=O) groups is 1. The summed E-state index contributed by atoms with van der Waals surface area (Å²) in [6.07, 6.45) is -4.39. The molecule has 0 aliphatic carbocycles. The van der Waals surface area contributed by atoms with Gasteiger partial charge in [-0.05, 0) is 59.0 Å². The zero-order chi connectivity index (χ0) is 21.0. The average molecular weight is 426 g/mol. The average Bonchev–Trinajstić information content (AvgIpc) is 3.15. The molecule has 1 heterocycles. The molecule has 11 heteroatoms. The molecular weight excluding hydrogens is 411 g/mol. The van der Waals surface area contributed by atoms with E-state index in [1.54, 1.807) is 18.2 Å². The van der Waals surface area contributed by atoms with Gasteiger partial charge >= 0.3 is 6.36 Å². The van der Waals surface area contributed by atoms with Crippen LogP contribution in [-0.4, -0.2) is 32.9 Å². The first-order chi connectivity index (χ1) is 13.7. The molecule has 3 aromatic rings. The second-order valence-electron chi connectivity index (χ2n) is 6.27. The number of primary amides is 1. The molecule has 29 heavy (non-hydrogen) atoms. The van der Waals surface area contributed by atoms with Gasteiger partial charge in [0.05, 0.1) is 0 Å². The number of carbonyl (C=O) groups excluding carboxylic acids is 1. The molecule has 0 aliphatic rings. The Bertz CT molecular complexity index is 978. The van der Waals surface area contributed by atoms with E-state index in [4.69, 9.17) is 17.3 Å². The highest BCUT2D eigenvalue weighted by Gasteiger charge is 2.31. The van der Waals surface area contributed by atoms with Crippen LogP contribution in [0, 0.1) is 0 Å². The highest BCUT2D eigenvalue weighted by molar-refractivity contribution is 6.30. The van der Waals surface area contributed by atoms with Crippen LogP contribution >= 0.6 is 11.6 Å². The third-order valence-electron chi connectivity index (χ3n) is 4.08. The molecule has 0 saturated heterocycles. The molecule has 3 rings (SSSR count). The van der Waals surface area contributed by atoms with E-state index in [2.05, 4.69) is 25.4 Å². The molecule has 0 spiro atoms. The van der Waals surface area contributed by atoms with E-state index in [9.17, 15) is 18.0 Å². The second kappa shape index (κ2) is 8.48. The van der Waals surface area contributed by atoms with Gasteiger partial charge in [0.1, 0.15) is 5.75 Å². The number of nitrogens with two attached hydrogens (primary N) is 1. The molecular formula is C18H15ClF3N5O2. The summed E-state index contributed by atoms with van der Waals surface area (Å²) in [5.74, 6) is -0.866. The van der Waals surface area contributed by atoms with Crippen molar-refractivity contribution in [3.8, 4) is 17.1 Å². The van der Waals surface area contributed by atoms with Crippen molar-refractivity contribution in [2.45, 2.75) is 25.1 Å². The number of nitrogens with zero attached hydrogens (tertiary/aromatic N) is 3. The van der Waals surface area contributed by atoms with Crippen molar-refractivity contribution < 1.29 is 22.7 Å². The van der Waals surface area contributed by atoms with Crippen LogP contribution in [0.25, 0.3) is 11.4 Å². The van der Waals surface area contributed by atoms with Crippen LogP contribution in [0.3, 0.4) is 0 Å². The number of ether oxygens (including phenoxy) is 1. The molecule has 0 radical (unpaired) electrons. The first kappa shape index (κ1) is 20.6. The maximum Gasteiger partial charge on any atom is 0.573 e. The number of aromatic amines is 1. The Hall–Kier alpha value is -3.14. The number of rotatable bonds is 7. The number of halogens is 4. The Kier molecular flexibility index (Phi) is 6.02. The SMILES string of the molecule is NC(=O)CC(Cc1ccc(OC(F)(F)F)cc1)c1cc(Cl)cc(-c2nn[nH]n2)c1. The van der Waals surface area contributed by atoms with E-state index in [-0.39, 0.29) is 18.1 Å². The van der Waals surface area contributed by atoms with E-state index in [1.807, 2.05) is 0 Å². The van der Waals surface area contributed by atoms with Gasteiger partial charge in [-0.3, -0.25) is 4.79 Å². The van der Waals surface area contributed by atoms with Gasteiger partial charge in [-0.25, -0.2) is 0 Å². The van der Waals surface area contributed by atoms with Crippen LogP contribution in [0.1, 0.15) is 23.5 Å². The quantitative estimate of drug-likeness (QED) is 0.601. The largest absolute Gasteiger partial charge is 0.573 e. The van der Waals surface area contributed by atoms with Gasteiger partial charge < -0.3 is 10.5 Å². The molecule has 0 fully saturated rings. The summed E-state index contributed by atoms with van der Waals surface area (Å²) in [6.45, 7) is 0. The normalized spacial score (nSPS) is 12.6. The molecule has 0 saturated carbocycles. The van der Waals surface area contributed by atoms with Gasteiger partial charge in [-0.15, -0.1) is 23.4 Å². The number of aromatic nitrogens is 4. The topological polar surface area (TPSA) is 107 Å². The van der Waals surface area contributed by atoms with E-state index in [0.29, 0.717) is 34.0 Å². The third kappa shape index (κ3) is 5.92. The fourth-order valence-electron chi connectivity index (χ4n) is 2.92. The van der Waals surface area contributed by atoms with Gasteiger partial charge in [0.15, 0.2) is 0 Å². The molecule has 2 aromatic carbocycles. The van der Waals surface area contributed by atoms with Crippen LogP contribution in [0.5, 0.6) is 5.75 Å². The number of alkyl halides is 3. The van der Waals surface area contributed by atoms with Gasteiger partial charge in [-0.2, -0.15) is 5.21 Å². The Labute approximate surface area is 168 Å². The van der Waals surface area contributed by atoms with Crippen molar-refractivity contribution in [3.63, 3.8) is 0 Å². The van der Waals surface area contributed by atoms with Gasteiger partial charge in [0, 0.05) is 17.0 Å². The van der Waals surface area contributed by atoms with Crippen LogP contribution < -0.4 is 10.5 Å². The monoisotopic (exact) mass is 425 g/mol. The highest BCUT2D eigenvalue weighted by atomic mass is 35.5. The lowest BCUT2D eigenvalue weighted by atomic mass is 9.88. The summed E-state index contributed by atoms with van der Waals surface area (Å²) in [4.78, 5) is 11.6. The minimum absolute atomic E-state index is 0.0207.